The number of nitriles is 1. The molecule has 542 valence electrons. The van der Waals surface area contributed by atoms with E-state index in [0.29, 0.717) is 29.1 Å². The standard InChI is InChI=1S/C12H14F6N2.C12H13F5N2.C12H14F4N2.C12H13F2N3.C12H16N2.C8H14N2.H2/c1-10(2,3)20-8-6(7(19-20)9(13)14)11(15,16)4-5-12(8,17)18;1-10(2,3)19-9-7(8(18-19)12(15,16)17)5-4-6(5)11(9,13)14;1-11(2,3)18-9-7(8(17-18)10(13)14)5-4-6(5)12(9,15)16;1-11(2,3)17-10-9(8(5-15)16-17)6-4-7(6)12(10,13)14;1-8(2)14-12-6-10(4)9(3)5-11(12)7-13-14;1-7-5-6-10(9-7)8(2,3)4;/h9H,4-5H2,1-3H3;5-6H,4H2,1-3H3;5-6,10H,4H2,1-3H3;6-7H,4H2,1-3H3;5-8H,1-4H3;5-6H,1-4H3;1H/t;2*5-,6?;6-,7?;;;/m.000.../s1/i;;;;;;1+1. The van der Waals surface area contributed by atoms with Crippen LogP contribution in [0.2, 0.25) is 0 Å². The molecule has 7 aromatic rings. The van der Waals surface area contributed by atoms with E-state index >= 15 is 0 Å². The Bertz CT molecular complexity index is 4190. The highest BCUT2D eigenvalue weighted by Crippen LogP contribution is 2.71. The SMILES string of the molecule is CC(C)(C)n1nc(C#N)c2c1C(F)(F)C1C[C@H]21.CC(C)(C)n1nc(C(F)(F)F)c2c1C(F)(F)C1C[C@H]21.CC(C)(C)n1nc(C(F)F)c2c1C(F)(F)C1C[C@H]21.CC(C)(C)n1nc(C(F)F)c2c1C(F)(F)CCC2(F)F.Cc1cc2cnn(C(C)C)c2cc1C.Cc1ccn(C(C)(C)C)n1.[2HH]. The zero-order valence-electron chi connectivity index (χ0n) is 58.4. The van der Waals surface area contributed by atoms with E-state index in [2.05, 4.69) is 95.9 Å². The quantitative estimate of drug-likeness (QED) is 0.161. The molecule has 3 unspecified atom stereocenters. The summed E-state index contributed by atoms with van der Waals surface area (Å²) >= 11 is 0. The van der Waals surface area contributed by atoms with E-state index in [1.54, 1.807) is 41.5 Å². The molecule has 0 radical (unpaired) electrons. The van der Waals surface area contributed by atoms with Crippen LogP contribution in [-0.2, 0) is 63.5 Å². The molecule has 0 saturated heterocycles. The largest absolute Gasteiger partial charge is 0.435 e. The molecular formula is C68H86F17N13. The molecule has 0 amide bonds. The van der Waals surface area contributed by atoms with E-state index in [0.717, 1.165) is 15.1 Å². The van der Waals surface area contributed by atoms with Crippen LogP contribution in [-0.4, -0.2) is 58.7 Å². The van der Waals surface area contributed by atoms with E-state index in [9.17, 15) is 74.6 Å². The third kappa shape index (κ3) is 13.5. The Balaban J connectivity index is 0.000000153. The Morgan fingerprint density at radius 2 is 0.929 bits per heavy atom. The van der Waals surface area contributed by atoms with Gasteiger partial charge in [-0.05, 0) is 205 Å². The van der Waals surface area contributed by atoms with E-state index in [-0.39, 0.29) is 47.5 Å². The van der Waals surface area contributed by atoms with Gasteiger partial charge in [-0.3, -0.25) is 28.1 Å². The molecule has 0 bridgehead atoms. The first-order chi connectivity index (χ1) is 44.4. The average Bonchev–Trinajstić information content (AvgIpc) is 1.53. The first kappa shape index (κ1) is 75.2. The maximum absolute atomic E-state index is 14.1. The van der Waals surface area contributed by atoms with Crippen molar-refractivity contribution in [1.29, 1.82) is 5.26 Å². The summed E-state index contributed by atoms with van der Waals surface area (Å²) in [5.74, 6) is -20.0. The number of benzene rings is 1. The van der Waals surface area contributed by atoms with Crippen molar-refractivity contribution >= 4 is 10.9 Å². The Labute approximate surface area is 559 Å². The second kappa shape index (κ2) is 24.1. The van der Waals surface area contributed by atoms with Crippen LogP contribution in [0.15, 0.2) is 30.6 Å². The molecule has 98 heavy (non-hydrogen) atoms. The highest BCUT2D eigenvalue weighted by molar-refractivity contribution is 5.80. The summed E-state index contributed by atoms with van der Waals surface area (Å²) in [6.07, 6.45) is -8.19. The molecule has 13 nitrogen and oxygen atoms in total. The second-order valence-corrected chi connectivity index (χ2v) is 31.9. The van der Waals surface area contributed by atoms with E-state index in [1.165, 1.54) is 47.5 Å². The predicted octanol–water partition coefficient (Wildman–Crippen LogP) is 20.3. The molecule has 3 saturated carbocycles. The Morgan fingerprint density at radius 3 is 1.35 bits per heavy atom. The fourth-order valence-corrected chi connectivity index (χ4v) is 13.4. The van der Waals surface area contributed by atoms with Gasteiger partial charge in [0.25, 0.3) is 42.5 Å². The number of aromatic nitrogens is 12. The lowest BCUT2D eigenvalue weighted by Gasteiger charge is -2.32. The number of halogens is 17. The second-order valence-electron chi connectivity index (χ2n) is 31.9. The molecule has 7 aliphatic rings. The van der Waals surface area contributed by atoms with Gasteiger partial charge < -0.3 is 0 Å². The minimum Gasteiger partial charge on any atom is -0.267 e. The normalized spacial score (nSPS) is 22.8. The van der Waals surface area contributed by atoms with Gasteiger partial charge in [-0.25, -0.2) is 26.3 Å². The lowest BCUT2D eigenvalue weighted by molar-refractivity contribution is -0.142. The molecule has 1 aromatic carbocycles. The molecule has 14 rings (SSSR count). The minimum atomic E-state index is -4.69. The average molecular weight is 1410 g/mol. The number of alkyl halides is 17. The van der Waals surface area contributed by atoms with Crippen molar-refractivity contribution in [2.75, 3.05) is 0 Å². The number of fused-ring (bicyclic) bond motifs is 11. The molecule has 6 heterocycles. The summed E-state index contributed by atoms with van der Waals surface area (Å²) in [6.45, 7) is 36.6. The van der Waals surface area contributed by atoms with Gasteiger partial charge in [-0.15, -0.1) is 0 Å². The summed E-state index contributed by atoms with van der Waals surface area (Å²) in [5, 5.41) is 33.6. The van der Waals surface area contributed by atoms with Gasteiger partial charge in [-0.1, -0.05) is 0 Å². The van der Waals surface area contributed by atoms with Crippen molar-refractivity contribution in [3.8, 4) is 6.07 Å². The summed E-state index contributed by atoms with van der Waals surface area (Å²) in [7, 11) is 0. The van der Waals surface area contributed by atoms with Crippen molar-refractivity contribution in [3.63, 3.8) is 0 Å². The van der Waals surface area contributed by atoms with E-state index in [4.69, 9.17) is 5.26 Å². The summed E-state index contributed by atoms with van der Waals surface area (Å²) in [6, 6.07) is 8.82. The Hall–Kier alpha value is -6.96. The molecule has 3 fully saturated rings. The monoisotopic (exact) mass is 1410 g/mol. The first-order valence-electron chi connectivity index (χ1n) is 32.3. The molecule has 7 aliphatic carbocycles. The van der Waals surface area contributed by atoms with Crippen molar-refractivity contribution in [1.82, 2.24) is 58.7 Å². The molecule has 30 heteroatoms. The number of rotatable bonds is 3. The van der Waals surface area contributed by atoms with Crippen LogP contribution in [0, 0.1) is 49.9 Å². The van der Waals surface area contributed by atoms with Gasteiger partial charge in [0.2, 0.25) is 0 Å². The maximum Gasteiger partial charge on any atom is 0.435 e. The topological polar surface area (TPSA) is 131 Å². The van der Waals surface area contributed by atoms with Crippen LogP contribution in [0.3, 0.4) is 0 Å². The van der Waals surface area contributed by atoms with Crippen molar-refractivity contribution in [2.45, 2.75) is 271 Å². The number of aryl methyl sites for hydroxylation is 3. The lowest BCUT2D eigenvalue weighted by atomic mass is 9.88. The highest BCUT2D eigenvalue weighted by atomic mass is 19.4. The van der Waals surface area contributed by atoms with Gasteiger partial charge in [0.1, 0.15) is 40.2 Å². The van der Waals surface area contributed by atoms with Gasteiger partial charge >= 0.3 is 6.18 Å². The fourth-order valence-electron chi connectivity index (χ4n) is 13.4. The van der Waals surface area contributed by atoms with Crippen LogP contribution in [0.5, 0.6) is 0 Å². The summed E-state index contributed by atoms with van der Waals surface area (Å²) in [5.41, 5.74) is -3.74. The van der Waals surface area contributed by atoms with Crippen LogP contribution >= 0.6 is 0 Å². The Morgan fingerprint density at radius 1 is 0.520 bits per heavy atom. The van der Waals surface area contributed by atoms with Crippen molar-refractivity contribution in [3.05, 3.63) is 115 Å². The molecule has 0 N–H and O–H groups in total. The molecule has 6 atom stereocenters. The van der Waals surface area contributed by atoms with E-state index in [1.807, 2.05) is 56.9 Å². The fraction of sp³-hybridized carbons (Fsp3) is 0.662. The summed E-state index contributed by atoms with van der Waals surface area (Å²) < 4.78 is 239. The Kier molecular flexibility index (Phi) is 18.5. The molecule has 0 aliphatic heterocycles. The van der Waals surface area contributed by atoms with Gasteiger partial charge in [0.15, 0.2) is 11.4 Å². The number of hydrogen-bond donors (Lipinski definition) is 0. The molecule has 6 aromatic heterocycles. The molecular weight excluding hydrogens is 1320 g/mol. The van der Waals surface area contributed by atoms with Crippen LogP contribution in [0.25, 0.3) is 10.9 Å². The first-order valence-corrected chi connectivity index (χ1v) is 32.3. The van der Waals surface area contributed by atoms with Crippen molar-refractivity contribution in [2.24, 2.45) is 17.8 Å². The smallest absolute Gasteiger partial charge is 0.267 e. The van der Waals surface area contributed by atoms with E-state index < -0.39 is 147 Å². The predicted molar refractivity (Wildman–Crippen MR) is 333 cm³/mol. The lowest BCUT2D eigenvalue weighted by Crippen LogP contribution is -2.36. The highest BCUT2D eigenvalue weighted by Gasteiger charge is 2.70. The van der Waals surface area contributed by atoms with Gasteiger partial charge in [-0.2, -0.15) is 84.1 Å². The third-order valence-electron chi connectivity index (χ3n) is 18.4. The number of hydrogen-bond acceptors (Lipinski definition) is 7. The summed E-state index contributed by atoms with van der Waals surface area (Å²) in [4.78, 5) is 0. The third-order valence-corrected chi connectivity index (χ3v) is 18.4. The minimum absolute atomic E-state index is 0. The zero-order valence-corrected chi connectivity index (χ0v) is 58.4. The van der Waals surface area contributed by atoms with Crippen LogP contribution in [0.4, 0.5) is 74.6 Å². The van der Waals surface area contributed by atoms with Crippen molar-refractivity contribution < 1.29 is 76.1 Å². The van der Waals surface area contributed by atoms with Gasteiger partial charge in [0, 0.05) is 66.3 Å². The van der Waals surface area contributed by atoms with Gasteiger partial charge in [0.05, 0.1) is 50.7 Å². The molecule has 0 spiro atoms. The zero-order chi connectivity index (χ0) is 74.0. The van der Waals surface area contributed by atoms with Crippen LogP contribution < -0.4 is 0 Å². The number of nitrogens with zero attached hydrogens (tertiary/aromatic N) is 13. The maximum atomic E-state index is 14.1. The van der Waals surface area contributed by atoms with Crippen LogP contribution in [0.1, 0.15) is 273 Å².